The summed E-state index contributed by atoms with van der Waals surface area (Å²) in [7, 11) is 0. The average Bonchev–Trinajstić information content (AvgIpc) is 3.04. The zero-order valence-corrected chi connectivity index (χ0v) is 31.3. The van der Waals surface area contributed by atoms with E-state index in [4.69, 9.17) is 4.74 Å². The van der Waals surface area contributed by atoms with Crippen LogP contribution < -0.4 is 0 Å². The number of unbranched alkanes of at least 4 members (excludes halogenated alkanes) is 37. The van der Waals surface area contributed by atoms with Crippen LogP contribution in [0.3, 0.4) is 0 Å². The van der Waals surface area contributed by atoms with Crippen molar-refractivity contribution in [2.24, 2.45) is 0 Å². The maximum absolute atomic E-state index is 5.76. The Bertz CT molecular complexity index is 418. The Morgan fingerprint density at radius 1 is 0.250 bits per heavy atom. The van der Waals surface area contributed by atoms with E-state index in [1.165, 1.54) is 244 Å². The molecule has 0 rings (SSSR count). The second-order valence-corrected chi connectivity index (χ2v) is 14.6. The predicted molar refractivity (Wildman–Crippen MR) is 202 cm³/mol. The molecule has 1 heteroatoms. The van der Waals surface area contributed by atoms with Gasteiger partial charge in [0.05, 0.1) is 6.61 Å². The molecule has 0 aliphatic carbocycles. The molecule has 1 radical (unpaired) electrons. The van der Waals surface area contributed by atoms with Crippen molar-refractivity contribution in [2.45, 2.75) is 264 Å². The molecule has 0 N–H and O–H groups in total. The average molecular weight is 620 g/mol. The third-order valence-electron chi connectivity index (χ3n) is 9.91. The standard InChI is InChI=1S/C43H87O/c1-3-5-7-9-11-13-15-17-18-19-20-21-22-23-24-25-26-27-28-29-31-33-35-37-39-41-43-44-42-40-38-36-34-32-30-16-14-12-10-8-6-4-2/h43H,3-42H2,1-2H3. The lowest BCUT2D eigenvalue weighted by Crippen LogP contribution is -1.92. The van der Waals surface area contributed by atoms with Gasteiger partial charge in [-0.25, -0.2) is 0 Å². The first-order valence-electron chi connectivity index (χ1n) is 21.3. The number of ether oxygens (including phenoxy) is 1. The Kier molecular flexibility index (Phi) is 42.9. The van der Waals surface area contributed by atoms with Crippen molar-refractivity contribution < 1.29 is 4.74 Å². The molecule has 0 aromatic carbocycles. The van der Waals surface area contributed by atoms with Crippen molar-refractivity contribution in [1.29, 1.82) is 0 Å². The lowest BCUT2D eigenvalue weighted by atomic mass is 10.0. The second kappa shape index (κ2) is 43.0. The smallest absolute Gasteiger partial charge is 0.0836 e. The van der Waals surface area contributed by atoms with Gasteiger partial charge in [-0.2, -0.15) is 0 Å². The molecule has 265 valence electrons. The molecule has 0 saturated carbocycles. The van der Waals surface area contributed by atoms with Crippen LogP contribution in [0.2, 0.25) is 0 Å². The Balaban J connectivity index is 3.03. The second-order valence-electron chi connectivity index (χ2n) is 14.6. The number of hydrogen-bond donors (Lipinski definition) is 0. The van der Waals surface area contributed by atoms with Crippen LogP contribution in [0.25, 0.3) is 0 Å². The minimum atomic E-state index is 0.942. The molecule has 0 unspecified atom stereocenters. The third-order valence-corrected chi connectivity index (χ3v) is 9.91. The number of rotatable bonds is 41. The molecule has 0 amide bonds. The quantitative estimate of drug-likeness (QED) is 0.0619. The minimum absolute atomic E-state index is 0.942. The van der Waals surface area contributed by atoms with Crippen LogP contribution in [0.5, 0.6) is 0 Å². The van der Waals surface area contributed by atoms with E-state index < -0.39 is 0 Å². The minimum Gasteiger partial charge on any atom is -0.376 e. The Hall–Kier alpha value is -0.0400. The fraction of sp³-hybridized carbons (Fsp3) is 0.977. The molecule has 0 saturated heterocycles. The predicted octanol–water partition coefficient (Wildman–Crippen LogP) is 16.4. The van der Waals surface area contributed by atoms with Crippen molar-refractivity contribution >= 4 is 0 Å². The summed E-state index contributed by atoms with van der Waals surface area (Å²) in [6, 6.07) is 0. The van der Waals surface area contributed by atoms with Crippen LogP contribution >= 0.6 is 0 Å². The summed E-state index contributed by atoms with van der Waals surface area (Å²) in [5, 5.41) is 0. The summed E-state index contributed by atoms with van der Waals surface area (Å²) in [5.74, 6) is 0. The van der Waals surface area contributed by atoms with Crippen LogP contribution in [0, 0.1) is 6.61 Å². The zero-order valence-electron chi connectivity index (χ0n) is 31.3. The monoisotopic (exact) mass is 620 g/mol. The fourth-order valence-electron chi connectivity index (χ4n) is 6.74. The maximum Gasteiger partial charge on any atom is 0.0836 e. The van der Waals surface area contributed by atoms with Crippen LogP contribution in [0.15, 0.2) is 0 Å². The van der Waals surface area contributed by atoms with Gasteiger partial charge in [0.2, 0.25) is 0 Å². The molecule has 0 spiro atoms. The first-order chi connectivity index (χ1) is 21.9. The van der Waals surface area contributed by atoms with Gasteiger partial charge in [0.1, 0.15) is 0 Å². The van der Waals surface area contributed by atoms with Gasteiger partial charge < -0.3 is 4.74 Å². The van der Waals surface area contributed by atoms with Gasteiger partial charge in [-0.3, -0.25) is 0 Å². The highest BCUT2D eigenvalue weighted by Gasteiger charge is 1.98. The largest absolute Gasteiger partial charge is 0.376 e. The van der Waals surface area contributed by atoms with Crippen molar-refractivity contribution in [3.05, 3.63) is 6.61 Å². The van der Waals surface area contributed by atoms with Crippen LogP contribution in [-0.4, -0.2) is 6.61 Å². The summed E-state index contributed by atoms with van der Waals surface area (Å²) in [6.45, 7) is 7.65. The first kappa shape index (κ1) is 44.0. The van der Waals surface area contributed by atoms with E-state index in [1.807, 2.05) is 0 Å². The van der Waals surface area contributed by atoms with Gasteiger partial charge in [0.25, 0.3) is 0 Å². The molecule has 1 nitrogen and oxygen atoms in total. The SMILES string of the molecule is CCCCCCCCCCCCCCCCCCCCCCCCCCC[CH]OCCCCCCCCCCCCCCC. The van der Waals surface area contributed by atoms with Crippen molar-refractivity contribution in [1.82, 2.24) is 0 Å². The van der Waals surface area contributed by atoms with E-state index in [0.717, 1.165) is 13.0 Å². The molecule has 0 aliphatic rings. The molecule has 0 atom stereocenters. The Morgan fingerprint density at radius 3 is 0.705 bits per heavy atom. The molecular weight excluding hydrogens is 532 g/mol. The molecule has 0 aromatic rings. The molecular formula is C43H87O. The molecule has 44 heavy (non-hydrogen) atoms. The summed E-state index contributed by atoms with van der Waals surface area (Å²) in [5.41, 5.74) is 0. The summed E-state index contributed by atoms with van der Waals surface area (Å²) < 4.78 is 5.76. The molecule has 0 heterocycles. The molecule has 0 bridgehead atoms. The van der Waals surface area contributed by atoms with Gasteiger partial charge in [0, 0.05) is 6.61 Å². The summed E-state index contributed by atoms with van der Waals surface area (Å²) >= 11 is 0. The van der Waals surface area contributed by atoms with E-state index in [2.05, 4.69) is 20.5 Å². The van der Waals surface area contributed by atoms with E-state index in [0.29, 0.717) is 0 Å². The Labute approximate surface area is 281 Å². The number of hydrogen-bond acceptors (Lipinski definition) is 1. The summed E-state index contributed by atoms with van der Waals surface area (Å²) in [4.78, 5) is 0. The summed E-state index contributed by atoms with van der Waals surface area (Å²) in [6.07, 6.45) is 56.1. The van der Waals surface area contributed by atoms with Crippen molar-refractivity contribution in [3.63, 3.8) is 0 Å². The van der Waals surface area contributed by atoms with Gasteiger partial charge >= 0.3 is 0 Å². The van der Waals surface area contributed by atoms with E-state index >= 15 is 0 Å². The lowest BCUT2D eigenvalue weighted by molar-refractivity contribution is 0.183. The zero-order chi connectivity index (χ0) is 31.7. The van der Waals surface area contributed by atoms with Crippen molar-refractivity contribution in [2.75, 3.05) is 6.61 Å². The van der Waals surface area contributed by atoms with Crippen LogP contribution in [0.1, 0.15) is 264 Å². The van der Waals surface area contributed by atoms with Gasteiger partial charge in [-0.15, -0.1) is 0 Å². The molecule has 0 fully saturated rings. The van der Waals surface area contributed by atoms with Crippen LogP contribution in [0.4, 0.5) is 0 Å². The van der Waals surface area contributed by atoms with Gasteiger partial charge in [-0.05, 0) is 12.8 Å². The highest BCUT2D eigenvalue weighted by atomic mass is 16.5. The molecule has 0 aliphatic heterocycles. The van der Waals surface area contributed by atoms with E-state index in [1.54, 1.807) is 0 Å². The fourth-order valence-corrected chi connectivity index (χ4v) is 6.74. The van der Waals surface area contributed by atoms with Crippen molar-refractivity contribution in [3.8, 4) is 0 Å². The third kappa shape index (κ3) is 42.0. The topological polar surface area (TPSA) is 9.23 Å². The highest BCUT2D eigenvalue weighted by Crippen LogP contribution is 2.17. The Morgan fingerprint density at radius 2 is 0.455 bits per heavy atom. The normalized spacial score (nSPS) is 11.6. The highest BCUT2D eigenvalue weighted by molar-refractivity contribution is 4.55. The first-order valence-corrected chi connectivity index (χ1v) is 21.3. The van der Waals surface area contributed by atoms with Gasteiger partial charge in [0.15, 0.2) is 0 Å². The van der Waals surface area contributed by atoms with Gasteiger partial charge in [-0.1, -0.05) is 251 Å². The maximum atomic E-state index is 5.76. The molecule has 0 aromatic heterocycles. The van der Waals surface area contributed by atoms with Crippen LogP contribution in [-0.2, 0) is 4.74 Å². The van der Waals surface area contributed by atoms with E-state index in [-0.39, 0.29) is 0 Å². The van der Waals surface area contributed by atoms with E-state index in [9.17, 15) is 0 Å². The lowest BCUT2D eigenvalue weighted by Gasteiger charge is -2.05.